The van der Waals surface area contributed by atoms with Crippen LogP contribution >= 0.6 is 0 Å². The zero-order chi connectivity index (χ0) is 14.0. The quantitative estimate of drug-likeness (QED) is 0.624. The first kappa shape index (κ1) is 12.9. The van der Waals surface area contributed by atoms with Crippen LogP contribution in [0.3, 0.4) is 0 Å². The van der Waals surface area contributed by atoms with Crippen LogP contribution in [-0.2, 0) is 0 Å². The molecule has 0 amide bonds. The molecule has 0 bridgehead atoms. The Kier molecular flexibility index (Phi) is 3.41. The van der Waals surface area contributed by atoms with Crippen LogP contribution in [0.5, 0.6) is 5.75 Å². The minimum absolute atomic E-state index is 0.163. The summed E-state index contributed by atoms with van der Waals surface area (Å²) >= 11 is 0. The lowest BCUT2D eigenvalue weighted by atomic mass is 10.3. The largest absolute Gasteiger partial charge is 0.474 e. The minimum atomic E-state index is -0.721. The van der Waals surface area contributed by atoms with Gasteiger partial charge in [0.15, 0.2) is 11.9 Å². The average molecular weight is 267 g/mol. The predicted molar refractivity (Wildman–Crippen MR) is 61.1 cm³/mol. The van der Waals surface area contributed by atoms with Gasteiger partial charge in [0.1, 0.15) is 5.82 Å². The van der Waals surface area contributed by atoms with Crippen LogP contribution in [0.1, 0.15) is 24.7 Å². The maximum Gasteiger partial charge on any atom is 0.311 e. The number of halogens is 1. The Morgan fingerprint density at radius 1 is 1.53 bits per heavy atom. The normalized spacial score (nSPS) is 12.2. The lowest BCUT2D eigenvalue weighted by molar-refractivity contribution is -0.386. The lowest BCUT2D eigenvalue weighted by Crippen LogP contribution is -2.05. The van der Waals surface area contributed by atoms with E-state index in [0.717, 1.165) is 18.2 Å². The van der Waals surface area contributed by atoms with E-state index in [1.165, 1.54) is 0 Å². The van der Waals surface area contributed by atoms with Crippen molar-refractivity contribution in [3.8, 4) is 5.75 Å². The smallest absolute Gasteiger partial charge is 0.311 e. The molecule has 0 saturated heterocycles. The summed E-state index contributed by atoms with van der Waals surface area (Å²) in [5, 5.41) is 14.4. The van der Waals surface area contributed by atoms with E-state index in [1.807, 2.05) is 0 Å². The zero-order valence-electron chi connectivity index (χ0n) is 10.2. The number of hydrogen-bond donors (Lipinski definition) is 0. The van der Waals surface area contributed by atoms with Crippen LogP contribution in [0.4, 0.5) is 10.1 Å². The van der Waals surface area contributed by atoms with E-state index in [4.69, 9.17) is 9.26 Å². The molecule has 0 radical (unpaired) electrons. The van der Waals surface area contributed by atoms with Crippen LogP contribution < -0.4 is 4.74 Å². The third kappa shape index (κ3) is 2.84. The molecule has 7 nitrogen and oxygen atoms in total. The molecule has 0 aliphatic carbocycles. The summed E-state index contributed by atoms with van der Waals surface area (Å²) in [4.78, 5) is 14.1. The highest BCUT2D eigenvalue weighted by Gasteiger charge is 2.21. The van der Waals surface area contributed by atoms with Gasteiger partial charge in [0.05, 0.1) is 4.92 Å². The van der Waals surface area contributed by atoms with E-state index < -0.39 is 16.8 Å². The van der Waals surface area contributed by atoms with Crippen molar-refractivity contribution in [3.63, 3.8) is 0 Å². The molecule has 1 atom stereocenters. The van der Waals surface area contributed by atoms with Gasteiger partial charge in [-0.1, -0.05) is 5.16 Å². The first-order chi connectivity index (χ1) is 8.97. The van der Waals surface area contributed by atoms with Gasteiger partial charge in [-0.05, 0) is 19.9 Å². The van der Waals surface area contributed by atoms with Crippen molar-refractivity contribution in [3.05, 3.63) is 45.8 Å². The highest BCUT2D eigenvalue weighted by molar-refractivity contribution is 5.46. The number of aryl methyl sites for hydroxylation is 1. The van der Waals surface area contributed by atoms with Crippen molar-refractivity contribution in [1.29, 1.82) is 0 Å². The van der Waals surface area contributed by atoms with Crippen LogP contribution in [0.2, 0.25) is 0 Å². The first-order valence-corrected chi connectivity index (χ1v) is 5.38. The zero-order valence-corrected chi connectivity index (χ0v) is 10.2. The summed E-state index contributed by atoms with van der Waals surface area (Å²) in [5.41, 5.74) is -0.329. The molecule has 0 aliphatic rings. The van der Waals surface area contributed by atoms with Gasteiger partial charge in [-0.15, -0.1) is 0 Å². The van der Waals surface area contributed by atoms with E-state index in [9.17, 15) is 14.5 Å². The number of aromatic nitrogens is 2. The molecule has 2 aromatic rings. The molecule has 1 unspecified atom stereocenters. The first-order valence-electron chi connectivity index (χ1n) is 5.38. The van der Waals surface area contributed by atoms with Gasteiger partial charge in [-0.2, -0.15) is 4.98 Å². The number of hydrogen-bond acceptors (Lipinski definition) is 6. The molecular weight excluding hydrogens is 257 g/mol. The van der Waals surface area contributed by atoms with Crippen LogP contribution in [-0.4, -0.2) is 15.1 Å². The summed E-state index contributed by atoms with van der Waals surface area (Å²) < 4.78 is 23.3. The highest BCUT2D eigenvalue weighted by atomic mass is 19.1. The second kappa shape index (κ2) is 5.01. The fourth-order valence-electron chi connectivity index (χ4n) is 1.45. The van der Waals surface area contributed by atoms with Crippen LogP contribution in [0.15, 0.2) is 22.7 Å². The Balaban J connectivity index is 2.27. The van der Waals surface area contributed by atoms with Crippen molar-refractivity contribution < 1.29 is 18.6 Å². The van der Waals surface area contributed by atoms with Gasteiger partial charge >= 0.3 is 5.69 Å². The number of nitrogens with zero attached hydrogens (tertiary/aromatic N) is 3. The molecule has 0 N–H and O–H groups in total. The standard InChI is InChI=1S/C11H10FN3O4/c1-6(11-13-7(2)14-19-11)18-10-5-8(12)3-4-9(10)15(16)17/h3-6H,1-2H3. The third-order valence-electron chi connectivity index (χ3n) is 2.31. The van der Waals surface area contributed by atoms with Gasteiger partial charge in [0.2, 0.25) is 5.75 Å². The molecule has 1 aromatic heterocycles. The summed E-state index contributed by atoms with van der Waals surface area (Å²) in [6, 6.07) is 2.97. The molecule has 19 heavy (non-hydrogen) atoms. The van der Waals surface area contributed by atoms with E-state index in [1.54, 1.807) is 13.8 Å². The molecule has 0 saturated carbocycles. The Hall–Kier alpha value is -2.51. The van der Waals surface area contributed by atoms with Gasteiger partial charge < -0.3 is 9.26 Å². The van der Waals surface area contributed by atoms with Crippen LogP contribution in [0, 0.1) is 22.9 Å². The second-order valence-corrected chi connectivity index (χ2v) is 3.81. The van der Waals surface area contributed by atoms with E-state index >= 15 is 0 Å². The van der Waals surface area contributed by atoms with Gasteiger partial charge in [0.25, 0.3) is 5.89 Å². The number of ether oxygens (including phenoxy) is 1. The number of rotatable bonds is 4. The van der Waals surface area contributed by atoms with Crippen molar-refractivity contribution in [2.75, 3.05) is 0 Å². The molecule has 0 fully saturated rings. The van der Waals surface area contributed by atoms with E-state index in [-0.39, 0.29) is 17.3 Å². The third-order valence-corrected chi connectivity index (χ3v) is 2.31. The topological polar surface area (TPSA) is 91.3 Å². The maximum absolute atomic E-state index is 13.1. The SMILES string of the molecule is Cc1noc(C(C)Oc2cc(F)ccc2[N+](=O)[O-])n1. The highest BCUT2D eigenvalue weighted by Crippen LogP contribution is 2.31. The average Bonchev–Trinajstić information content (AvgIpc) is 2.75. The Morgan fingerprint density at radius 3 is 2.84 bits per heavy atom. The fourth-order valence-corrected chi connectivity index (χ4v) is 1.45. The Labute approximate surface area is 107 Å². The van der Waals surface area contributed by atoms with Crippen molar-refractivity contribution in [2.24, 2.45) is 0 Å². The number of benzene rings is 1. The van der Waals surface area contributed by atoms with E-state index in [2.05, 4.69) is 10.1 Å². The van der Waals surface area contributed by atoms with E-state index in [0.29, 0.717) is 5.82 Å². The van der Waals surface area contributed by atoms with Crippen molar-refractivity contribution >= 4 is 5.69 Å². The lowest BCUT2D eigenvalue weighted by Gasteiger charge is -2.10. The summed E-state index contributed by atoms with van der Waals surface area (Å²) in [6.45, 7) is 3.20. The number of nitro benzene ring substituents is 1. The maximum atomic E-state index is 13.1. The second-order valence-electron chi connectivity index (χ2n) is 3.81. The van der Waals surface area contributed by atoms with Crippen molar-refractivity contribution in [2.45, 2.75) is 20.0 Å². The van der Waals surface area contributed by atoms with Crippen molar-refractivity contribution in [1.82, 2.24) is 10.1 Å². The minimum Gasteiger partial charge on any atom is -0.474 e. The molecule has 2 rings (SSSR count). The van der Waals surface area contributed by atoms with Gasteiger partial charge in [-0.3, -0.25) is 10.1 Å². The van der Waals surface area contributed by atoms with Crippen LogP contribution in [0.25, 0.3) is 0 Å². The molecule has 1 heterocycles. The summed E-state index contributed by atoms with van der Waals surface area (Å²) in [6.07, 6.45) is -0.721. The Bertz CT molecular complexity index is 614. The summed E-state index contributed by atoms with van der Waals surface area (Å²) in [5.74, 6) is -0.238. The monoisotopic (exact) mass is 267 g/mol. The molecular formula is C11H10FN3O4. The molecule has 0 spiro atoms. The van der Waals surface area contributed by atoms with Gasteiger partial charge in [0, 0.05) is 12.1 Å². The van der Waals surface area contributed by atoms with Gasteiger partial charge in [-0.25, -0.2) is 4.39 Å². The summed E-state index contributed by atoms with van der Waals surface area (Å²) in [7, 11) is 0. The fraction of sp³-hybridized carbons (Fsp3) is 0.273. The molecule has 0 aliphatic heterocycles. The molecule has 1 aromatic carbocycles. The number of nitro groups is 1. The predicted octanol–water partition coefficient (Wildman–Crippen LogP) is 2.57. The molecule has 8 heteroatoms. The Morgan fingerprint density at radius 2 is 2.26 bits per heavy atom. The molecule has 100 valence electrons.